The quantitative estimate of drug-likeness (QED) is 0.313. The van der Waals surface area contributed by atoms with Crippen molar-refractivity contribution in [3.63, 3.8) is 0 Å². The van der Waals surface area contributed by atoms with Crippen LogP contribution in [0.3, 0.4) is 0 Å². The minimum atomic E-state index is 0.654. The molecule has 2 aliphatic heterocycles. The zero-order valence-electron chi connectivity index (χ0n) is 12.4. The van der Waals surface area contributed by atoms with Gasteiger partial charge in [0.2, 0.25) is 0 Å². The minimum Gasteiger partial charge on any atom is -0.299 e. The summed E-state index contributed by atoms with van der Waals surface area (Å²) in [6.07, 6.45) is 3.77. The fraction of sp³-hybridized carbons (Fsp3) is 0.867. The van der Waals surface area contributed by atoms with Crippen molar-refractivity contribution in [2.75, 3.05) is 37.7 Å². The molecule has 2 unspecified atom stereocenters. The number of hydrogen-bond donors (Lipinski definition) is 0. The Morgan fingerprint density at radius 2 is 2.05 bits per heavy atom. The molecular formula is C15H27IN2S. The summed E-state index contributed by atoms with van der Waals surface area (Å²) in [5, 5.41) is 0. The van der Waals surface area contributed by atoms with E-state index in [2.05, 4.69) is 71.0 Å². The summed E-state index contributed by atoms with van der Waals surface area (Å²) >= 11 is 4.69. The first kappa shape index (κ1) is 16.1. The van der Waals surface area contributed by atoms with Crippen molar-refractivity contribution in [3.8, 4) is 0 Å². The van der Waals surface area contributed by atoms with Gasteiger partial charge in [0.05, 0.1) is 4.05 Å². The van der Waals surface area contributed by atoms with Gasteiger partial charge in [-0.05, 0) is 27.2 Å². The van der Waals surface area contributed by atoms with E-state index in [0.29, 0.717) is 10.1 Å². The summed E-state index contributed by atoms with van der Waals surface area (Å²) in [5.41, 5.74) is 1.70. The summed E-state index contributed by atoms with van der Waals surface area (Å²) in [4.78, 5) is 5.28. The van der Waals surface area contributed by atoms with Gasteiger partial charge in [-0.1, -0.05) is 34.2 Å². The van der Waals surface area contributed by atoms with Gasteiger partial charge in [-0.15, -0.1) is 0 Å². The first-order valence-corrected chi connectivity index (χ1v) is 9.86. The maximum absolute atomic E-state index is 2.66. The Balaban J connectivity index is 2.01. The van der Waals surface area contributed by atoms with E-state index in [1.165, 1.54) is 44.1 Å². The van der Waals surface area contributed by atoms with Crippen LogP contribution in [0.4, 0.5) is 0 Å². The smallest absolute Gasteiger partial charge is 0.0592 e. The first-order chi connectivity index (χ1) is 9.08. The maximum Gasteiger partial charge on any atom is 0.0592 e. The highest BCUT2D eigenvalue weighted by Gasteiger charge is 2.26. The third kappa shape index (κ3) is 4.61. The molecule has 1 fully saturated rings. The molecule has 1 saturated heterocycles. The highest BCUT2D eigenvalue weighted by atomic mass is 127. The molecule has 0 aromatic carbocycles. The molecule has 4 heteroatoms. The highest BCUT2D eigenvalue weighted by Crippen LogP contribution is 2.27. The lowest BCUT2D eigenvalue weighted by Gasteiger charge is -2.34. The minimum absolute atomic E-state index is 0.654. The van der Waals surface area contributed by atoms with E-state index in [4.69, 9.17) is 0 Å². The predicted octanol–water partition coefficient (Wildman–Crippen LogP) is 3.47. The molecule has 2 nitrogen and oxygen atoms in total. The Morgan fingerprint density at radius 3 is 2.74 bits per heavy atom. The van der Waals surface area contributed by atoms with Crippen molar-refractivity contribution in [3.05, 3.63) is 11.6 Å². The van der Waals surface area contributed by atoms with E-state index in [-0.39, 0.29) is 0 Å². The van der Waals surface area contributed by atoms with Crippen LogP contribution < -0.4 is 0 Å². The fourth-order valence-electron chi connectivity index (χ4n) is 2.92. The third-order valence-electron chi connectivity index (χ3n) is 4.26. The van der Waals surface area contributed by atoms with Crippen molar-refractivity contribution in [2.45, 2.75) is 37.3 Å². The molecule has 0 aliphatic carbocycles. The molecule has 0 amide bonds. The maximum atomic E-state index is 2.66. The molecule has 2 rings (SSSR count). The average molecular weight is 394 g/mol. The molecule has 0 spiro atoms. The molecule has 19 heavy (non-hydrogen) atoms. The van der Waals surface area contributed by atoms with Crippen LogP contribution in [0.2, 0.25) is 0 Å². The standard InChI is InChI=1S/C15H27IN2S/c1-12(2)17-7-8-19-11-15(10-17)14-5-4-6-18(9-14)13(3)16/h5,12-13,15H,4,6-11H2,1-3H3. The zero-order chi connectivity index (χ0) is 13.8. The summed E-state index contributed by atoms with van der Waals surface area (Å²) in [5.74, 6) is 3.39. The second-order valence-corrected chi connectivity index (χ2v) is 8.93. The van der Waals surface area contributed by atoms with E-state index in [1.54, 1.807) is 5.57 Å². The number of rotatable bonds is 3. The van der Waals surface area contributed by atoms with E-state index >= 15 is 0 Å². The Bertz CT molecular complexity index is 317. The number of halogens is 1. The van der Waals surface area contributed by atoms with Crippen molar-refractivity contribution in [1.82, 2.24) is 9.80 Å². The SMILES string of the molecule is CC(C)N1CCSCC(C2=CCCN(C(C)I)C2)C1. The molecule has 0 radical (unpaired) electrons. The second-order valence-electron chi connectivity index (χ2n) is 5.97. The van der Waals surface area contributed by atoms with E-state index in [9.17, 15) is 0 Å². The monoisotopic (exact) mass is 394 g/mol. The Morgan fingerprint density at radius 1 is 1.26 bits per heavy atom. The lowest BCUT2D eigenvalue weighted by Crippen LogP contribution is -2.40. The number of hydrogen-bond acceptors (Lipinski definition) is 3. The average Bonchev–Trinajstić information content (AvgIpc) is 2.64. The lowest BCUT2D eigenvalue weighted by atomic mass is 9.95. The molecule has 2 aliphatic rings. The first-order valence-electron chi connectivity index (χ1n) is 7.46. The highest BCUT2D eigenvalue weighted by molar-refractivity contribution is 14.1. The van der Waals surface area contributed by atoms with Gasteiger partial charge in [0.15, 0.2) is 0 Å². The normalized spacial score (nSPS) is 29.1. The fourth-order valence-corrected chi connectivity index (χ4v) is 4.53. The van der Waals surface area contributed by atoms with Crippen LogP contribution in [0.5, 0.6) is 0 Å². The molecule has 0 aromatic rings. The van der Waals surface area contributed by atoms with Crippen molar-refractivity contribution >= 4 is 34.4 Å². The van der Waals surface area contributed by atoms with Crippen LogP contribution >= 0.6 is 34.4 Å². The molecule has 2 atom stereocenters. The lowest BCUT2D eigenvalue weighted by molar-refractivity contribution is 0.210. The number of alkyl halides is 1. The topological polar surface area (TPSA) is 6.48 Å². The van der Waals surface area contributed by atoms with Crippen LogP contribution in [-0.2, 0) is 0 Å². The summed E-state index contributed by atoms with van der Waals surface area (Å²) < 4.78 is 0.654. The van der Waals surface area contributed by atoms with Gasteiger partial charge in [-0.2, -0.15) is 11.8 Å². The van der Waals surface area contributed by atoms with Gasteiger partial charge in [-0.25, -0.2) is 0 Å². The van der Waals surface area contributed by atoms with Gasteiger partial charge in [0, 0.05) is 49.6 Å². The predicted molar refractivity (Wildman–Crippen MR) is 95.3 cm³/mol. The molecule has 0 saturated carbocycles. The number of nitrogens with zero attached hydrogens (tertiary/aromatic N) is 2. The van der Waals surface area contributed by atoms with E-state index in [0.717, 1.165) is 5.92 Å². The molecule has 2 heterocycles. The van der Waals surface area contributed by atoms with Gasteiger partial charge in [0.1, 0.15) is 0 Å². The number of thioether (sulfide) groups is 1. The van der Waals surface area contributed by atoms with Crippen LogP contribution in [0.25, 0.3) is 0 Å². The third-order valence-corrected chi connectivity index (χ3v) is 6.16. The van der Waals surface area contributed by atoms with Gasteiger partial charge >= 0.3 is 0 Å². The van der Waals surface area contributed by atoms with Crippen molar-refractivity contribution in [2.24, 2.45) is 5.92 Å². The Hall–Kier alpha value is 0.740. The second kappa shape index (κ2) is 7.66. The molecule has 0 aromatic heterocycles. The molecule has 0 N–H and O–H groups in total. The van der Waals surface area contributed by atoms with Crippen molar-refractivity contribution in [1.29, 1.82) is 0 Å². The van der Waals surface area contributed by atoms with Crippen LogP contribution in [0.1, 0.15) is 27.2 Å². The summed E-state index contributed by atoms with van der Waals surface area (Å²) in [6, 6.07) is 0.685. The molecule has 110 valence electrons. The van der Waals surface area contributed by atoms with Crippen molar-refractivity contribution < 1.29 is 0 Å². The molecular weight excluding hydrogens is 367 g/mol. The summed E-state index contributed by atoms with van der Waals surface area (Å²) in [7, 11) is 0. The Kier molecular flexibility index (Phi) is 6.50. The largest absolute Gasteiger partial charge is 0.299 e. The molecule has 0 bridgehead atoms. The van der Waals surface area contributed by atoms with Gasteiger partial charge in [0.25, 0.3) is 0 Å². The Labute approximate surface area is 136 Å². The van der Waals surface area contributed by atoms with Gasteiger partial charge in [-0.3, -0.25) is 9.80 Å². The van der Waals surface area contributed by atoms with E-state index < -0.39 is 0 Å². The van der Waals surface area contributed by atoms with Crippen LogP contribution in [0.15, 0.2) is 11.6 Å². The van der Waals surface area contributed by atoms with Crippen LogP contribution in [-0.4, -0.2) is 57.6 Å². The summed E-state index contributed by atoms with van der Waals surface area (Å²) in [6.45, 7) is 11.9. The van der Waals surface area contributed by atoms with Gasteiger partial charge < -0.3 is 0 Å². The van der Waals surface area contributed by atoms with Crippen LogP contribution in [0, 0.1) is 5.92 Å². The van der Waals surface area contributed by atoms with E-state index in [1.807, 2.05) is 0 Å². The zero-order valence-corrected chi connectivity index (χ0v) is 15.4.